The summed E-state index contributed by atoms with van der Waals surface area (Å²) in [5, 5.41) is 0. The van der Waals surface area contributed by atoms with Crippen LogP contribution in [0.1, 0.15) is 27.7 Å². The second-order valence-corrected chi connectivity index (χ2v) is 3.30. The fourth-order valence-corrected chi connectivity index (χ4v) is 0.566. The average molecular weight is 178 g/mol. The summed E-state index contributed by atoms with van der Waals surface area (Å²) in [5.74, 6) is -0.965. The Bertz CT molecular complexity index is 151. The van der Waals surface area contributed by atoms with E-state index in [9.17, 15) is 9.18 Å². The highest BCUT2D eigenvalue weighted by atomic mass is 19.1. The van der Waals surface area contributed by atoms with Crippen molar-refractivity contribution in [2.75, 3.05) is 6.61 Å². The summed E-state index contributed by atoms with van der Waals surface area (Å²) in [5.41, 5.74) is -0.674. The molecule has 1 atom stereocenters. The molecular weight excluding hydrogens is 163 g/mol. The summed E-state index contributed by atoms with van der Waals surface area (Å²) < 4.78 is 21.9. The van der Waals surface area contributed by atoms with Gasteiger partial charge in [-0.2, -0.15) is 0 Å². The Balaban J connectivity index is 3.87. The van der Waals surface area contributed by atoms with E-state index in [1.807, 2.05) is 0 Å². The molecule has 0 saturated heterocycles. The molecule has 0 aliphatic carbocycles. The number of halogens is 1. The molecule has 12 heavy (non-hydrogen) atoms. The molecule has 0 bridgehead atoms. The Morgan fingerprint density at radius 1 is 1.50 bits per heavy atom. The number of hydrogen-bond acceptors (Lipinski definition) is 3. The van der Waals surface area contributed by atoms with Crippen molar-refractivity contribution in [2.45, 2.75) is 39.7 Å². The lowest BCUT2D eigenvalue weighted by Crippen LogP contribution is -2.31. The molecule has 4 heteroatoms. The van der Waals surface area contributed by atoms with Crippen LogP contribution in [-0.4, -0.2) is 24.5 Å². The van der Waals surface area contributed by atoms with Gasteiger partial charge in [0.2, 0.25) is 0 Å². The van der Waals surface area contributed by atoms with Crippen LogP contribution in [0.4, 0.5) is 4.39 Å². The van der Waals surface area contributed by atoms with Crippen molar-refractivity contribution in [1.29, 1.82) is 0 Å². The highest BCUT2D eigenvalue weighted by Crippen LogP contribution is 2.12. The van der Waals surface area contributed by atoms with Crippen molar-refractivity contribution in [2.24, 2.45) is 0 Å². The van der Waals surface area contributed by atoms with Crippen LogP contribution in [0.5, 0.6) is 0 Å². The molecule has 0 radical (unpaired) electrons. The second-order valence-electron chi connectivity index (χ2n) is 3.30. The first-order valence-electron chi connectivity index (χ1n) is 3.85. The maximum Gasteiger partial charge on any atom is 0.368 e. The van der Waals surface area contributed by atoms with Crippen LogP contribution in [0, 0.1) is 0 Å². The zero-order chi connectivity index (χ0) is 9.78. The predicted molar refractivity (Wildman–Crippen MR) is 42.4 cm³/mol. The molecule has 0 aromatic heterocycles. The van der Waals surface area contributed by atoms with E-state index in [-0.39, 0.29) is 6.61 Å². The summed E-state index contributed by atoms with van der Waals surface area (Å²) >= 11 is 0. The number of carbonyl (C=O) groups is 1. The molecule has 0 fully saturated rings. The standard InChI is InChI=1S/C8H15FO3/c1-5-11-7(10)6(9)12-8(2,3)4/h6H,5H2,1-4H3. The summed E-state index contributed by atoms with van der Waals surface area (Å²) in [7, 11) is 0. The lowest BCUT2D eigenvalue weighted by molar-refractivity contribution is -0.184. The molecule has 0 aliphatic rings. The third-order valence-corrected chi connectivity index (χ3v) is 0.929. The first kappa shape index (κ1) is 11.4. The lowest BCUT2D eigenvalue weighted by Gasteiger charge is -2.21. The zero-order valence-electron chi connectivity index (χ0n) is 7.89. The van der Waals surface area contributed by atoms with E-state index in [4.69, 9.17) is 4.74 Å². The van der Waals surface area contributed by atoms with Crippen LogP contribution < -0.4 is 0 Å². The van der Waals surface area contributed by atoms with Gasteiger partial charge in [0.1, 0.15) is 0 Å². The second kappa shape index (κ2) is 4.40. The Morgan fingerprint density at radius 2 is 2.00 bits per heavy atom. The Kier molecular flexibility index (Phi) is 4.17. The highest BCUT2D eigenvalue weighted by molar-refractivity contribution is 5.72. The van der Waals surface area contributed by atoms with E-state index in [0.717, 1.165) is 0 Å². The maximum atomic E-state index is 12.8. The van der Waals surface area contributed by atoms with E-state index < -0.39 is 17.9 Å². The molecule has 0 aromatic carbocycles. The molecule has 0 heterocycles. The number of ether oxygens (including phenoxy) is 2. The van der Waals surface area contributed by atoms with Crippen LogP contribution in [0.25, 0.3) is 0 Å². The topological polar surface area (TPSA) is 35.5 Å². The molecule has 0 saturated carbocycles. The van der Waals surface area contributed by atoms with Crippen LogP contribution in [0.2, 0.25) is 0 Å². The van der Waals surface area contributed by atoms with Gasteiger partial charge in [-0.05, 0) is 27.7 Å². The Labute approximate surface area is 71.8 Å². The van der Waals surface area contributed by atoms with Crippen molar-refractivity contribution in [1.82, 2.24) is 0 Å². The van der Waals surface area contributed by atoms with Gasteiger partial charge < -0.3 is 9.47 Å². The molecule has 1 unspecified atom stereocenters. The number of esters is 1. The van der Waals surface area contributed by atoms with Gasteiger partial charge in [0.25, 0.3) is 6.36 Å². The smallest absolute Gasteiger partial charge is 0.368 e. The average Bonchev–Trinajstić information content (AvgIpc) is 1.84. The monoisotopic (exact) mass is 178 g/mol. The number of rotatable bonds is 3. The molecule has 0 aromatic rings. The van der Waals surface area contributed by atoms with E-state index in [1.54, 1.807) is 27.7 Å². The highest BCUT2D eigenvalue weighted by Gasteiger charge is 2.25. The molecule has 0 amide bonds. The summed E-state index contributed by atoms with van der Waals surface area (Å²) in [4.78, 5) is 10.7. The molecule has 0 spiro atoms. The van der Waals surface area contributed by atoms with Crippen molar-refractivity contribution >= 4 is 5.97 Å². The predicted octanol–water partition coefficient (Wildman–Crippen LogP) is 1.66. The SMILES string of the molecule is CCOC(=O)C(F)OC(C)(C)C. The van der Waals surface area contributed by atoms with Crippen molar-refractivity contribution in [3.63, 3.8) is 0 Å². The van der Waals surface area contributed by atoms with E-state index in [1.165, 1.54) is 0 Å². The maximum absolute atomic E-state index is 12.8. The zero-order valence-corrected chi connectivity index (χ0v) is 7.89. The van der Waals surface area contributed by atoms with E-state index in [0.29, 0.717) is 0 Å². The van der Waals surface area contributed by atoms with Crippen LogP contribution >= 0.6 is 0 Å². The lowest BCUT2D eigenvalue weighted by atomic mass is 10.2. The van der Waals surface area contributed by atoms with Crippen molar-refractivity contribution in [3.05, 3.63) is 0 Å². The molecule has 0 aliphatic heterocycles. The van der Waals surface area contributed by atoms with Gasteiger partial charge >= 0.3 is 5.97 Å². The summed E-state index contributed by atoms with van der Waals surface area (Å²) in [6, 6.07) is 0. The van der Waals surface area contributed by atoms with Crippen LogP contribution in [0.15, 0.2) is 0 Å². The van der Waals surface area contributed by atoms with Crippen molar-refractivity contribution < 1.29 is 18.7 Å². The van der Waals surface area contributed by atoms with Crippen LogP contribution in [-0.2, 0) is 14.3 Å². The van der Waals surface area contributed by atoms with Gasteiger partial charge in [0, 0.05) is 0 Å². The molecule has 0 N–H and O–H groups in total. The third kappa shape index (κ3) is 5.07. The molecular formula is C8H15FO3. The minimum atomic E-state index is -1.98. The summed E-state index contributed by atoms with van der Waals surface area (Å²) in [6.07, 6.45) is -1.98. The molecule has 72 valence electrons. The first-order valence-corrected chi connectivity index (χ1v) is 3.85. The number of alkyl halides is 1. The molecule has 0 rings (SSSR count). The van der Waals surface area contributed by atoms with Gasteiger partial charge in [-0.15, -0.1) is 0 Å². The van der Waals surface area contributed by atoms with Gasteiger partial charge in [0.15, 0.2) is 0 Å². The first-order chi connectivity index (χ1) is 5.37. The summed E-state index contributed by atoms with van der Waals surface area (Å²) in [6.45, 7) is 6.77. The van der Waals surface area contributed by atoms with Gasteiger partial charge in [-0.25, -0.2) is 9.18 Å². The largest absolute Gasteiger partial charge is 0.462 e. The van der Waals surface area contributed by atoms with Gasteiger partial charge in [-0.3, -0.25) is 0 Å². The minimum Gasteiger partial charge on any atom is -0.462 e. The Hall–Kier alpha value is -0.640. The fourth-order valence-electron chi connectivity index (χ4n) is 0.566. The normalized spacial score (nSPS) is 14.1. The number of hydrogen-bond donors (Lipinski definition) is 0. The molecule has 3 nitrogen and oxygen atoms in total. The van der Waals surface area contributed by atoms with Gasteiger partial charge in [-0.1, -0.05) is 0 Å². The third-order valence-electron chi connectivity index (χ3n) is 0.929. The van der Waals surface area contributed by atoms with Crippen LogP contribution in [0.3, 0.4) is 0 Å². The Morgan fingerprint density at radius 3 is 2.33 bits per heavy atom. The van der Waals surface area contributed by atoms with Crippen molar-refractivity contribution in [3.8, 4) is 0 Å². The minimum absolute atomic E-state index is 0.159. The fraction of sp³-hybridized carbons (Fsp3) is 0.875. The number of carbonyl (C=O) groups excluding carboxylic acids is 1. The quantitative estimate of drug-likeness (QED) is 0.616. The van der Waals surface area contributed by atoms with Gasteiger partial charge in [0.05, 0.1) is 12.2 Å². The van der Waals surface area contributed by atoms with E-state index in [2.05, 4.69) is 4.74 Å². The van der Waals surface area contributed by atoms with E-state index >= 15 is 0 Å².